The molecular weight excluding hydrogens is 184 g/mol. The van der Waals surface area contributed by atoms with Crippen LogP contribution >= 0.6 is 0 Å². The average Bonchev–Trinajstić information content (AvgIpc) is 2.69. The van der Waals surface area contributed by atoms with E-state index >= 15 is 0 Å². The molecule has 1 aromatic rings. The van der Waals surface area contributed by atoms with E-state index in [-0.39, 0.29) is 5.41 Å². The summed E-state index contributed by atoms with van der Waals surface area (Å²) in [5, 5.41) is 0. The molecule has 82 valence electrons. The summed E-state index contributed by atoms with van der Waals surface area (Å²) in [6.07, 6.45) is 9.03. The summed E-state index contributed by atoms with van der Waals surface area (Å²) in [6, 6.07) is 0. The number of rotatable bonds is 1. The number of aromatic nitrogens is 2. The number of hydrogen-bond donors (Lipinski definition) is 0. The van der Waals surface area contributed by atoms with Gasteiger partial charge in [0.1, 0.15) is 6.33 Å². The molecule has 0 radical (unpaired) electrons. The monoisotopic (exact) mass is 204 g/mol. The van der Waals surface area contributed by atoms with Crippen molar-refractivity contribution in [2.45, 2.75) is 57.8 Å². The van der Waals surface area contributed by atoms with Crippen LogP contribution in [-0.2, 0) is 5.41 Å². The predicted octanol–water partition coefficient (Wildman–Crippen LogP) is 3.43. The first-order valence-electron chi connectivity index (χ1n) is 5.89. The second kappa shape index (κ2) is 3.92. The van der Waals surface area contributed by atoms with E-state index in [1.165, 1.54) is 36.9 Å². The lowest BCUT2D eigenvalue weighted by Crippen LogP contribution is -2.17. The fourth-order valence-electron chi connectivity index (χ4n) is 2.44. The van der Waals surface area contributed by atoms with Gasteiger partial charge in [0, 0.05) is 12.1 Å². The van der Waals surface area contributed by atoms with E-state index in [4.69, 9.17) is 0 Å². The third-order valence-corrected chi connectivity index (χ3v) is 3.29. The van der Waals surface area contributed by atoms with E-state index in [2.05, 4.69) is 30.7 Å². The molecular formula is C13H20N2. The molecule has 2 rings (SSSR count). The summed E-state index contributed by atoms with van der Waals surface area (Å²) < 4.78 is 0. The molecule has 2 heteroatoms. The topological polar surface area (TPSA) is 25.8 Å². The normalized spacial score (nSPS) is 18.3. The minimum absolute atomic E-state index is 0.166. The minimum Gasteiger partial charge on any atom is -0.244 e. The maximum absolute atomic E-state index is 4.52. The third-order valence-electron chi connectivity index (χ3n) is 3.29. The Labute approximate surface area is 92.1 Å². The molecule has 1 aromatic heterocycles. The Hall–Kier alpha value is -0.920. The molecule has 0 bridgehead atoms. The van der Waals surface area contributed by atoms with Crippen molar-refractivity contribution in [3.05, 3.63) is 23.8 Å². The molecule has 1 fully saturated rings. The van der Waals surface area contributed by atoms with E-state index in [9.17, 15) is 0 Å². The van der Waals surface area contributed by atoms with Crippen LogP contribution in [0.2, 0.25) is 0 Å². The van der Waals surface area contributed by atoms with Gasteiger partial charge in [0.2, 0.25) is 0 Å². The van der Waals surface area contributed by atoms with Crippen molar-refractivity contribution >= 4 is 0 Å². The molecule has 0 aromatic carbocycles. The van der Waals surface area contributed by atoms with Crippen molar-refractivity contribution in [2.75, 3.05) is 0 Å². The highest BCUT2D eigenvalue weighted by Crippen LogP contribution is 2.37. The highest BCUT2D eigenvalue weighted by Gasteiger charge is 2.26. The van der Waals surface area contributed by atoms with Crippen molar-refractivity contribution < 1.29 is 0 Å². The highest BCUT2D eigenvalue weighted by atomic mass is 14.8. The van der Waals surface area contributed by atoms with Gasteiger partial charge < -0.3 is 0 Å². The SMILES string of the molecule is CC(C)(C)c1cncnc1C1CCCC1. The Balaban J connectivity index is 2.37. The minimum atomic E-state index is 0.166. The predicted molar refractivity (Wildman–Crippen MR) is 61.9 cm³/mol. The van der Waals surface area contributed by atoms with Crippen LogP contribution in [-0.4, -0.2) is 9.97 Å². The molecule has 15 heavy (non-hydrogen) atoms. The van der Waals surface area contributed by atoms with Gasteiger partial charge in [-0.2, -0.15) is 0 Å². The van der Waals surface area contributed by atoms with E-state index < -0.39 is 0 Å². The maximum atomic E-state index is 4.52. The first kappa shape index (κ1) is 10.6. The van der Waals surface area contributed by atoms with Crippen LogP contribution in [0.15, 0.2) is 12.5 Å². The van der Waals surface area contributed by atoms with Crippen LogP contribution in [0.25, 0.3) is 0 Å². The highest BCUT2D eigenvalue weighted by molar-refractivity contribution is 5.27. The van der Waals surface area contributed by atoms with E-state index in [0.29, 0.717) is 5.92 Å². The zero-order valence-corrected chi connectivity index (χ0v) is 9.95. The lowest BCUT2D eigenvalue weighted by molar-refractivity contribution is 0.555. The van der Waals surface area contributed by atoms with Crippen LogP contribution in [0.3, 0.4) is 0 Å². The van der Waals surface area contributed by atoms with E-state index in [0.717, 1.165) is 0 Å². The molecule has 0 amide bonds. The van der Waals surface area contributed by atoms with Crippen LogP contribution in [0.1, 0.15) is 63.6 Å². The molecule has 1 aliphatic carbocycles. The standard InChI is InChI=1S/C13H20N2/c1-13(2,3)11-8-14-9-15-12(11)10-6-4-5-7-10/h8-10H,4-7H2,1-3H3. The molecule has 0 atom stereocenters. The molecule has 1 heterocycles. The molecule has 0 spiro atoms. The zero-order chi connectivity index (χ0) is 10.9. The zero-order valence-electron chi connectivity index (χ0n) is 9.95. The van der Waals surface area contributed by atoms with Crippen molar-refractivity contribution in [2.24, 2.45) is 0 Å². The van der Waals surface area contributed by atoms with Crippen LogP contribution in [0.4, 0.5) is 0 Å². The van der Waals surface area contributed by atoms with Crippen molar-refractivity contribution in [3.63, 3.8) is 0 Å². The van der Waals surface area contributed by atoms with Gasteiger partial charge in [0.05, 0.1) is 5.69 Å². The smallest absolute Gasteiger partial charge is 0.115 e. The average molecular weight is 204 g/mol. The third kappa shape index (κ3) is 2.19. The van der Waals surface area contributed by atoms with Gasteiger partial charge in [-0.3, -0.25) is 0 Å². The van der Waals surface area contributed by atoms with Gasteiger partial charge in [-0.25, -0.2) is 9.97 Å². The van der Waals surface area contributed by atoms with Crippen molar-refractivity contribution in [3.8, 4) is 0 Å². The number of hydrogen-bond acceptors (Lipinski definition) is 2. The Kier molecular flexibility index (Phi) is 2.76. The Morgan fingerprint density at radius 1 is 1.20 bits per heavy atom. The number of nitrogens with zero attached hydrogens (tertiary/aromatic N) is 2. The van der Waals surface area contributed by atoms with Gasteiger partial charge in [0.25, 0.3) is 0 Å². The maximum Gasteiger partial charge on any atom is 0.115 e. The van der Waals surface area contributed by atoms with Gasteiger partial charge in [-0.15, -0.1) is 0 Å². The van der Waals surface area contributed by atoms with Gasteiger partial charge in [-0.1, -0.05) is 33.6 Å². The Morgan fingerprint density at radius 2 is 1.87 bits per heavy atom. The molecule has 0 saturated heterocycles. The van der Waals surface area contributed by atoms with Gasteiger partial charge in [0.15, 0.2) is 0 Å². The Morgan fingerprint density at radius 3 is 2.47 bits per heavy atom. The molecule has 0 aliphatic heterocycles. The lowest BCUT2D eigenvalue weighted by Gasteiger charge is -2.23. The fourth-order valence-corrected chi connectivity index (χ4v) is 2.44. The first-order valence-corrected chi connectivity index (χ1v) is 5.89. The summed E-state index contributed by atoms with van der Waals surface area (Å²) in [5.74, 6) is 0.683. The second-order valence-corrected chi connectivity index (χ2v) is 5.55. The molecule has 1 saturated carbocycles. The van der Waals surface area contributed by atoms with Gasteiger partial charge >= 0.3 is 0 Å². The van der Waals surface area contributed by atoms with Crippen molar-refractivity contribution in [1.82, 2.24) is 9.97 Å². The van der Waals surface area contributed by atoms with E-state index in [1.807, 2.05) is 6.20 Å². The van der Waals surface area contributed by atoms with Crippen molar-refractivity contribution in [1.29, 1.82) is 0 Å². The van der Waals surface area contributed by atoms with E-state index in [1.54, 1.807) is 6.33 Å². The summed E-state index contributed by atoms with van der Waals surface area (Å²) in [4.78, 5) is 8.69. The van der Waals surface area contributed by atoms with Crippen LogP contribution in [0, 0.1) is 0 Å². The molecule has 0 N–H and O–H groups in total. The van der Waals surface area contributed by atoms with Crippen LogP contribution < -0.4 is 0 Å². The summed E-state index contributed by atoms with van der Waals surface area (Å²) in [5.41, 5.74) is 2.80. The summed E-state index contributed by atoms with van der Waals surface area (Å²) >= 11 is 0. The second-order valence-electron chi connectivity index (χ2n) is 5.55. The molecule has 2 nitrogen and oxygen atoms in total. The quantitative estimate of drug-likeness (QED) is 0.700. The first-order chi connectivity index (χ1) is 7.09. The lowest BCUT2D eigenvalue weighted by atomic mass is 9.83. The summed E-state index contributed by atoms with van der Waals surface area (Å²) in [6.45, 7) is 6.72. The Bertz CT molecular complexity index is 333. The largest absolute Gasteiger partial charge is 0.244 e. The summed E-state index contributed by atoms with van der Waals surface area (Å²) in [7, 11) is 0. The molecule has 1 aliphatic rings. The van der Waals surface area contributed by atoms with Crippen LogP contribution in [0.5, 0.6) is 0 Å². The van der Waals surface area contributed by atoms with Gasteiger partial charge in [-0.05, 0) is 23.8 Å². The fraction of sp³-hybridized carbons (Fsp3) is 0.692. The molecule has 0 unspecified atom stereocenters.